The number of carbonyl (C=O) groups is 1. The van der Waals surface area contributed by atoms with Crippen molar-refractivity contribution in [3.05, 3.63) is 52.7 Å². The van der Waals surface area contributed by atoms with Crippen molar-refractivity contribution in [2.75, 3.05) is 37.7 Å². The second-order valence-electron chi connectivity index (χ2n) is 6.40. The number of anilines is 1. The molecule has 0 unspecified atom stereocenters. The lowest BCUT2D eigenvalue weighted by Crippen LogP contribution is -2.49. The maximum atomic E-state index is 12.6. The van der Waals surface area contributed by atoms with E-state index in [9.17, 15) is 4.79 Å². The van der Waals surface area contributed by atoms with Gasteiger partial charge >= 0.3 is 0 Å². The molecule has 2 aliphatic rings. The first-order chi connectivity index (χ1) is 12.2. The first kappa shape index (κ1) is 16.2. The predicted molar refractivity (Wildman–Crippen MR) is 97.4 cm³/mol. The van der Waals surface area contributed by atoms with Crippen LogP contribution in [0.25, 0.3) is 0 Å². The van der Waals surface area contributed by atoms with E-state index >= 15 is 0 Å². The molecule has 1 amide bonds. The zero-order valence-electron chi connectivity index (χ0n) is 13.9. The summed E-state index contributed by atoms with van der Waals surface area (Å²) in [4.78, 5) is 21.1. The number of halogens is 1. The highest BCUT2D eigenvalue weighted by molar-refractivity contribution is 6.29. The van der Waals surface area contributed by atoms with Gasteiger partial charge in [0.25, 0.3) is 0 Å². The van der Waals surface area contributed by atoms with E-state index in [2.05, 4.69) is 16.0 Å². The second kappa shape index (κ2) is 6.92. The maximum Gasteiger partial charge on any atom is 0.227 e. The third kappa shape index (κ3) is 3.56. The zero-order valence-corrected chi connectivity index (χ0v) is 14.7. The van der Waals surface area contributed by atoms with Crippen LogP contribution in [0.4, 0.5) is 5.82 Å². The minimum Gasteiger partial charge on any atom is -0.493 e. The van der Waals surface area contributed by atoms with Gasteiger partial charge in [-0.2, -0.15) is 0 Å². The molecule has 5 nitrogen and oxygen atoms in total. The van der Waals surface area contributed by atoms with E-state index < -0.39 is 0 Å². The van der Waals surface area contributed by atoms with Crippen molar-refractivity contribution in [3.8, 4) is 5.75 Å². The molecule has 0 N–H and O–H groups in total. The lowest BCUT2D eigenvalue weighted by atomic mass is 10.1. The van der Waals surface area contributed by atoms with Crippen LogP contribution in [0.5, 0.6) is 5.75 Å². The summed E-state index contributed by atoms with van der Waals surface area (Å²) in [6.45, 7) is 3.71. The number of aromatic nitrogens is 1. The normalized spacial score (nSPS) is 16.5. The van der Waals surface area contributed by atoms with E-state index in [0.717, 1.165) is 43.2 Å². The number of amides is 1. The van der Waals surface area contributed by atoms with Gasteiger partial charge in [-0.3, -0.25) is 4.79 Å². The van der Waals surface area contributed by atoms with Crippen LogP contribution in [-0.4, -0.2) is 48.6 Å². The molecule has 0 bridgehead atoms. The number of fused-ring (bicyclic) bond motifs is 1. The Kier molecular flexibility index (Phi) is 4.49. The van der Waals surface area contributed by atoms with Crippen molar-refractivity contribution in [2.45, 2.75) is 12.8 Å². The molecule has 0 aliphatic carbocycles. The van der Waals surface area contributed by atoms with E-state index in [1.54, 1.807) is 6.07 Å². The van der Waals surface area contributed by atoms with Gasteiger partial charge in [0.15, 0.2) is 0 Å². The quantitative estimate of drug-likeness (QED) is 0.792. The molecule has 3 heterocycles. The largest absolute Gasteiger partial charge is 0.493 e. The molecule has 1 saturated heterocycles. The van der Waals surface area contributed by atoms with Crippen LogP contribution in [0.15, 0.2) is 36.4 Å². The Morgan fingerprint density at radius 3 is 2.80 bits per heavy atom. The Labute approximate surface area is 152 Å². The van der Waals surface area contributed by atoms with Gasteiger partial charge in [0.05, 0.1) is 13.0 Å². The number of hydrogen-bond acceptors (Lipinski definition) is 4. The topological polar surface area (TPSA) is 45.7 Å². The third-order valence-corrected chi connectivity index (χ3v) is 4.98. The molecule has 1 fully saturated rings. The Balaban J connectivity index is 1.35. The van der Waals surface area contributed by atoms with Crippen molar-refractivity contribution in [2.24, 2.45) is 0 Å². The molecule has 0 spiro atoms. The van der Waals surface area contributed by atoms with E-state index in [-0.39, 0.29) is 5.91 Å². The predicted octanol–water partition coefficient (Wildman–Crippen LogP) is 2.56. The number of pyridine rings is 1. The summed E-state index contributed by atoms with van der Waals surface area (Å²) >= 11 is 5.96. The van der Waals surface area contributed by atoms with E-state index in [4.69, 9.17) is 16.3 Å². The van der Waals surface area contributed by atoms with Crippen molar-refractivity contribution in [3.63, 3.8) is 0 Å². The van der Waals surface area contributed by atoms with Crippen LogP contribution in [0.3, 0.4) is 0 Å². The Hall–Kier alpha value is -2.27. The molecule has 4 rings (SSSR count). The summed E-state index contributed by atoms with van der Waals surface area (Å²) in [5.41, 5.74) is 2.27. The van der Waals surface area contributed by atoms with Gasteiger partial charge in [-0.1, -0.05) is 29.8 Å². The molecule has 2 aliphatic heterocycles. The molecular formula is C19H20ClN3O2. The first-order valence-corrected chi connectivity index (χ1v) is 8.97. The summed E-state index contributed by atoms with van der Waals surface area (Å²) in [5, 5.41) is 0.497. The first-order valence-electron chi connectivity index (χ1n) is 8.59. The molecule has 2 aromatic rings. The van der Waals surface area contributed by atoms with Gasteiger partial charge in [0.1, 0.15) is 16.7 Å². The number of piperazine rings is 1. The standard InChI is InChI=1S/C19H20ClN3O2/c20-17-2-1-3-18(21-17)22-7-9-23(10-8-22)19(24)13-14-4-5-16-15(12-14)6-11-25-16/h1-5,12H,6-11,13H2. The summed E-state index contributed by atoms with van der Waals surface area (Å²) in [6, 6.07) is 11.7. The van der Waals surface area contributed by atoms with Gasteiger partial charge in [-0.15, -0.1) is 0 Å². The lowest BCUT2D eigenvalue weighted by molar-refractivity contribution is -0.130. The highest BCUT2D eigenvalue weighted by atomic mass is 35.5. The van der Waals surface area contributed by atoms with E-state index in [1.807, 2.05) is 29.2 Å². The number of hydrogen-bond donors (Lipinski definition) is 0. The van der Waals surface area contributed by atoms with Crippen LogP contribution in [0, 0.1) is 0 Å². The Morgan fingerprint density at radius 2 is 2.00 bits per heavy atom. The molecule has 1 aromatic heterocycles. The number of rotatable bonds is 3. The lowest BCUT2D eigenvalue weighted by Gasteiger charge is -2.35. The van der Waals surface area contributed by atoms with Gasteiger partial charge in [0.2, 0.25) is 5.91 Å². The molecule has 25 heavy (non-hydrogen) atoms. The van der Waals surface area contributed by atoms with Crippen LogP contribution >= 0.6 is 11.6 Å². The maximum absolute atomic E-state index is 12.6. The average molecular weight is 358 g/mol. The number of ether oxygens (including phenoxy) is 1. The molecule has 6 heteroatoms. The summed E-state index contributed by atoms with van der Waals surface area (Å²) < 4.78 is 5.52. The number of carbonyl (C=O) groups excluding carboxylic acids is 1. The van der Waals surface area contributed by atoms with Crippen molar-refractivity contribution < 1.29 is 9.53 Å². The third-order valence-electron chi connectivity index (χ3n) is 4.77. The molecule has 130 valence electrons. The SMILES string of the molecule is O=C(Cc1ccc2c(c1)CCO2)N1CCN(c2cccc(Cl)n2)CC1. The van der Waals surface area contributed by atoms with Crippen molar-refractivity contribution >= 4 is 23.3 Å². The second-order valence-corrected chi connectivity index (χ2v) is 6.79. The van der Waals surface area contributed by atoms with Gasteiger partial charge < -0.3 is 14.5 Å². The summed E-state index contributed by atoms with van der Waals surface area (Å²) in [6.07, 6.45) is 1.38. The molecule has 1 aromatic carbocycles. The van der Waals surface area contributed by atoms with Gasteiger partial charge in [-0.05, 0) is 29.3 Å². The molecule has 0 saturated carbocycles. The molecule has 0 radical (unpaired) electrons. The van der Waals surface area contributed by atoms with Crippen molar-refractivity contribution in [1.29, 1.82) is 0 Å². The smallest absolute Gasteiger partial charge is 0.227 e. The number of nitrogens with zero attached hydrogens (tertiary/aromatic N) is 3. The van der Waals surface area contributed by atoms with E-state index in [1.165, 1.54) is 5.56 Å². The van der Waals surface area contributed by atoms with Gasteiger partial charge in [0, 0.05) is 32.6 Å². The van der Waals surface area contributed by atoms with Crippen molar-refractivity contribution in [1.82, 2.24) is 9.88 Å². The molecular weight excluding hydrogens is 338 g/mol. The van der Waals surface area contributed by atoms with E-state index in [0.29, 0.717) is 24.7 Å². The zero-order chi connectivity index (χ0) is 17.2. The fourth-order valence-electron chi connectivity index (χ4n) is 3.39. The minimum absolute atomic E-state index is 0.178. The van der Waals surface area contributed by atoms with Crippen LogP contribution in [-0.2, 0) is 17.6 Å². The fraction of sp³-hybridized carbons (Fsp3) is 0.368. The van der Waals surface area contributed by atoms with Crippen LogP contribution < -0.4 is 9.64 Å². The number of benzene rings is 1. The Bertz CT molecular complexity index is 788. The summed E-state index contributed by atoms with van der Waals surface area (Å²) in [5.74, 6) is 2.01. The minimum atomic E-state index is 0.178. The summed E-state index contributed by atoms with van der Waals surface area (Å²) in [7, 11) is 0. The highest BCUT2D eigenvalue weighted by Crippen LogP contribution is 2.26. The monoisotopic (exact) mass is 357 g/mol. The van der Waals surface area contributed by atoms with Gasteiger partial charge in [-0.25, -0.2) is 4.98 Å². The van der Waals surface area contributed by atoms with Crippen LogP contribution in [0.2, 0.25) is 5.15 Å². The average Bonchev–Trinajstić information content (AvgIpc) is 3.09. The highest BCUT2D eigenvalue weighted by Gasteiger charge is 2.22. The fourth-order valence-corrected chi connectivity index (χ4v) is 3.55. The Morgan fingerprint density at radius 1 is 1.16 bits per heavy atom. The van der Waals surface area contributed by atoms with Crippen LogP contribution in [0.1, 0.15) is 11.1 Å². The molecule has 0 atom stereocenters.